The Morgan fingerprint density at radius 2 is 2.40 bits per heavy atom. The third-order valence-electron chi connectivity index (χ3n) is 1.84. The molecule has 2 rings (SSSR count). The molecular formula is C8H10N2. The fourth-order valence-corrected chi connectivity index (χ4v) is 1.25. The van der Waals surface area contributed by atoms with E-state index in [2.05, 4.69) is 35.5 Å². The summed E-state index contributed by atoms with van der Waals surface area (Å²) in [5.41, 5.74) is 2.56. The van der Waals surface area contributed by atoms with E-state index in [0.29, 0.717) is 0 Å². The average Bonchev–Trinajstić information content (AvgIpc) is 2.34. The Morgan fingerprint density at radius 3 is 3.20 bits per heavy atom. The summed E-state index contributed by atoms with van der Waals surface area (Å²) >= 11 is 0. The molecule has 0 saturated carbocycles. The second kappa shape index (κ2) is 1.90. The van der Waals surface area contributed by atoms with Crippen LogP contribution in [0.4, 0.5) is 0 Å². The van der Waals surface area contributed by atoms with Crippen LogP contribution in [0.3, 0.4) is 0 Å². The second-order valence-electron chi connectivity index (χ2n) is 2.52. The fraction of sp³-hybridized carbons (Fsp3) is 0.250. The van der Waals surface area contributed by atoms with E-state index < -0.39 is 0 Å². The van der Waals surface area contributed by atoms with Gasteiger partial charge < -0.3 is 10.2 Å². The summed E-state index contributed by atoms with van der Waals surface area (Å²) in [7, 11) is 0. The maximum atomic E-state index is 3.26. The first-order valence-corrected chi connectivity index (χ1v) is 3.44. The Morgan fingerprint density at radius 1 is 1.50 bits per heavy atom. The van der Waals surface area contributed by atoms with E-state index in [1.165, 1.54) is 11.4 Å². The molecule has 0 aliphatic carbocycles. The van der Waals surface area contributed by atoms with Crippen molar-refractivity contribution >= 4 is 0 Å². The van der Waals surface area contributed by atoms with Crippen molar-refractivity contribution in [3.8, 4) is 0 Å². The zero-order valence-electron chi connectivity index (χ0n) is 5.96. The minimum atomic E-state index is 0.919. The van der Waals surface area contributed by atoms with Gasteiger partial charge in [0, 0.05) is 11.9 Å². The van der Waals surface area contributed by atoms with Crippen molar-refractivity contribution in [1.82, 2.24) is 10.2 Å². The SMILES string of the molecule is CC1=C2C=CC=CN2CN1. The third kappa shape index (κ3) is 0.652. The molecule has 2 aliphatic rings. The largest absolute Gasteiger partial charge is 0.369 e. The van der Waals surface area contributed by atoms with Gasteiger partial charge >= 0.3 is 0 Å². The summed E-state index contributed by atoms with van der Waals surface area (Å²) in [5, 5.41) is 3.26. The smallest absolute Gasteiger partial charge is 0.0918 e. The standard InChI is InChI=1S/C8H10N2/c1-7-8-4-2-3-5-10(8)6-9-7/h2-5,9H,6H2,1H3. The molecule has 0 unspecified atom stereocenters. The van der Waals surface area contributed by atoms with Crippen LogP contribution in [-0.4, -0.2) is 11.6 Å². The highest BCUT2D eigenvalue weighted by molar-refractivity contribution is 5.33. The number of hydrogen-bond donors (Lipinski definition) is 1. The van der Waals surface area contributed by atoms with Gasteiger partial charge in [-0.3, -0.25) is 0 Å². The molecule has 0 aromatic carbocycles. The van der Waals surface area contributed by atoms with E-state index >= 15 is 0 Å². The topological polar surface area (TPSA) is 15.3 Å². The highest BCUT2D eigenvalue weighted by Gasteiger charge is 2.15. The minimum absolute atomic E-state index is 0.919. The Kier molecular flexibility index (Phi) is 1.07. The maximum Gasteiger partial charge on any atom is 0.0918 e. The molecule has 1 N–H and O–H groups in total. The maximum absolute atomic E-state index is 3.26. The quantitative estimate of drug-likeness (QED) is 0.535. The van der Waals surface area contributed by atoms with Crippen molar-refractivity contribution in [3.05, 3.63) is 35.8 Å². The van der Waals surface area contributed by atoms with Gasteiger partial charge in [0.25, 0.3) is 0 Å². The molecule has 2 heterocycles. The lowest BCUT2D eigenvalue weighted by Gasteiger charge is -2.15. The summed E-state index contributed by atoms with van der Waals surface area (Å²) in [6.45, 7) is 3.01. The molecule has 2 nitrogen and oxygen atoms in total. The highest BCUT2D eigenvalue weighted by atomic mass is 15.3. The summed E-state index contributed by atoms with van der Waals surface area (Å²) in [5.74, 6) is 0. The zero-order valence-corrected chi connectivity index (χ0v) is 5.96. The lowest BCUT2D eigenvalue weighted by Crippen LogP contribution is -2.18. The van der Waals surface area contributed by atoms with E-state index in [-0.39, 0.29) is 0 Å². The Hall–Kier alpha value is -1.18. The molecule has 0 saturated heterocycles. The fourth-order valence-electron chi connectivity index (χ4n) is 1.25. The molecule has 2 heteroatoms. The molecule has 0 fully saturated rings. The monoisotopic (exact) mass is 134 g/mol. The summed E-state index contributed by atoms with van der Waals surface area (Å²) in [6.07, 6.45) is 8.31. The van der Waals surface area contributed by atoms with Gasteiger partial charge in [-0.15, -0.1) is 0 Å². The molecule has 10 heavy (non-hydrogen) atoms. The second-order valence-corrected chi connectivity index (χ2v) is 2.52. The van der Waals surface area contributed by atoms with Crippen molar-refractivity contribution in [3.63, 3.8) is 0 Å². The predicted molar refractivity (Wildman–Crippen MR) is 40.8 cm³/mol. The number of nitrogens with one attached hydrogen (secondary N) is 1. The van der Waals surface area contributed by atoms with Crippen LogP contribution in [0, 0.1) is 0 Å². The Balaban J connectivity index is 2.39. The molecule has 52 valence electrons. The number of rotatable bonds is 0. The van der Waals surface area contributed by atoms with Crippen LogP contribution in [0.15, 0.2) is 35.8 Å². The number of fused-ring (bicyclic) bond motifs is 1. The number of allylic oxidation sites excluding steroid dienone is 4. The number of nitrogens with zero attached hydrogens (tertiary/aromatic N) is 1. The van der Waals surface area contributed by atoms with Gasteiger partial charge in [-0.25, -0.2) is 0 Å². The van der Waals surface area contributed by atoms with Crippen molar-refractivity contribution in [2.45, 2.75) is 6.92 Å². The molecule has 0 spiro atoms. The lowest BCUT2D eigenvalue weighted by molar-refractivity contribution is 0.497. The molecule has 0 aromatic heterocycles. The lowest BCUT2D eigenvalue weighted by atomic mass is 10.2. The van der Waals surface area contributed by atoms with Gasteiger partial charge in [0.05, 0.1) is 12.4 Å². The summed E-state index contributed by atoms with van der Waals surface area (Å²) in [6, 6.07) is 0. The van der Waals surface area contributed by atoms with Gasteiger partial charge in [0.2, 0.25) is 0 Å². The average molecular weight is 134 g/mol. The normalized spacial score (nSPS) is 21.5. The zero-order chi connectivity index (χ0) is 6.97. The van der Waals surface area contributed by atoms with E-state index in [1.54, 1.807) is 0 Å². The first-order valence-electron chi connectivity index (χ1n) is 3.44. The third-order valence-corrected chi connectivity index (χ3v) is 1.84. The van der Waals surface area contributed by atoms with Gasteiger partial charge in [-0.05, 0) is 19.1 Å². The molecule has 2 aliphatic heterocycles. The van der Waals surface area contributed by atoms with E-state index in [0.717, 1.165) is 6.67 Å². The van der Waals surface area contributed by atoms with E-state index in [9.17, 15) is 0 Å². The molecule has 0 atom stereocenters. The van der Waals surface area contributed by atoms with Gasteiger partial charge in [0.15, 0.2) is 0 Å². The van der Waals surface area contributed by atoms with E-state index in [1.807, 2.05) is 6.08 Å². The van der Waals surface area contributed by atoms with Crippen LogP contribution >= 0.6 is 0 Å². The van der Waals surface area contributed by atoms with Crippen molar-refractivity contribution in [2.75, 3.05) is 6.67 Å². The van der Waals surface area contributed by atoms with E-state index in [4.69, 9.17) is 0 Å². The van der Waals surface area contributed by atoms with Crippen LogP contribution in [0.1, 0.15) is 6.92 Å². The highest BCUT2D eigenvalue weighted by Crippen LogP contribution is 2.18. The predicted octanol–water partition coefficient (Wildman–Crippen LogP) is 1.16. The van der Waals surface area contributed by atoms with Crippen LogP contribution in [0.2, 0.25) is 0 Å². The minimum Gasteiger partial charge on any atom is -0.369 e. The Labute approximate surface area is 60.5 Å². The van der Waals surface area contributed by atoms with Crippen LogP contribution in [0.25, 0.3) is 0 Å². The van der Waals surface area contributed by atoms with Crippen molar-refractivity contribution in [2.24, 2.45) is 0 Å². The van der Waals surface area contributed by atoms with Crippen LogP contribution in [-0.2, 0) is 0 Å². The van der Waals surface area contributed by atoms with Gasteiger partial charge in [-0.1, -0.05) is 6.08 Å². The van der Waals surface area contributed by atoms with Gasteiger partial charge in [-0.2, -0.15) is 0 Å². The first kappa shape index (κ1) is 5.59. The Bertz CT molecular complexity index is 236. The molecule has 0 aromatic rings. The summed E-state index contributed by atoms with van der Waals surface area (Å²) < 4.78 is 0. The van der Waals surface area contributed by atoms with Crippen LogP contribution in [0.5, 0.6) is 0 Å². The molecule has 0 bridgehead atoms. The van der Waals surface area contributed by atoms with Crippen LogP contribution < -0.4 is 5.32 Å². The first-order chi connectivity index (χ1) is 4.88. The molecule has 0 amide bonds. The molecular weight excluding hydrogens is 124 g/mol. The molecule has 0 radical (unpaired) electrons. The van der Waals surface area contributed by atoms with Crippen molar-refractivity contribution < 1.29 is 0 Å². The summed E-state index contributed by atoms with van der Waals surface area (Å²) in [4.78, 5) is 2.19. The van der Waals surface area contributed by atoms with Gasteiger partial charge in [0.1, 0.15) is 0 Å². The van der Waals surface area contributed by atoms with Crippen molar-refractivity contribution in [1.29, 1.82) is 0 Å². The number of hydrogen-bond acceptors (Lipinski definition) is 2.